The first kappa shape index (κ1) is 39.8. The Morgan fingerprint density at radius 2 is 1.60 bits per heavy atom. The SMILES string of the molecule is N#Cc1ccc(O[C@H]2CC[C@H](NC(=O)c3ccc(N4CC5(CCN(C6CCN(c7cc8c(cc7F)C(=O)N(C7CCC(=O)NC7=O)C8=O)CC6)CC5)C4)nn3)CC2)cc1Cl. The monoisotopic (exact) mass is 837 g/mol. The number of anilines is 2. The summed E-state index contributed by atoms with van der Waals surface area (Å²) in [6, 6.07) is 12.6. The molecule has 1 aliphatic carbocycles. The van der Waals surface area contributed by atoms with Crippen molar-refractivity contribution >= 4 is 52.6 Å². The average molecular weight is 838 g/mol. The molecule has 4 saturated heterocycles. The van der Waals surface area contributed by atoms with Gasteiger partial charge in [0.25, 0.3) is 17.7 Å². The second kappa shape index (κ2) is 16.1. The number of imide groups is 2. The maximum absolute atomic E-state index is 15.5. The number of amides is 5. The third-order valence-corrected chi connectivity index (χ3v) is 13.6. The highest BCUT2D eigenvalue weighted by Gasteiger charge is 2.47. The number of nitriles is 1. The Morgan fingerprint density at radius 3 is 2.25 bits per heavy atom. The van der Waals surface area contributed by atoms with Crippen LogP contribution in [0.4, 0.5) is 15.9 Å². The number of hydrogen-bond acceptors (Lipinski definition) is 12. The number of hydrogen-bond donors (Lipinski definition) is 2. The lowest BCUT2D eigenvalue weighted by Gasteiger charge is -2.55. The van der Waals surface area contributed by atoms with Crippen LogP contribution in [0.2, 0.25) is 5.02 Å². The lowest BCUT2D eigenvalue weighted by Crippen LogP contribution is -2.62. The second-order valence-corrected chi connectivity index (χ2v) is 17.4. The van der Waals surface area contributed by atoms with E-state index in [2.05, 4.69) is 30.6 Å². The van der Waals surface area contributed by atoms with Crippen LogP contribution in [0.25, 0.3) is 0 Å². The summed E-state index contributed by atoms with van der Waals surface area (Å²) >= 11 is 6.15. The normalized spacial score (nSPS) is 24.5. The summed E-state index contributed by atoms with van der Waals surface area (Å²) in [5, 5.41) is 23.4. The van der Waals surface area contributed by atoms with E-state index in [-0.39, 0.29) is 58.8 Å². The van der Waals surface area contributed by atoms with Gasteiger partial charge < -0.3 is 24.8 Å². The number of carbonyl (C=O) groups is 5. The number of benzene rings is 2. The first-order chi connectivity index (χ1) is 29.0. The minimum Gasteiger partial charge on any atom is -0.490 e. The van der Waals surface area contributed by atoms with Crippen LogP contribution in [0.3, 0.4) is 0 Å². The molecule has 5 aliphatic heterocycles. The molecule has 1 atom stereocenters. The third kappa shape index (κ3) is 7.64. The fourth-order valence-electron chi connectivity index (χ4n) is 9.85. The van der Waals surface area contributed by atoms with Gasteiger partial charge in [0.1, 0.15) is 23.7 Å². The van der Waals surface area contributed by atoms with E-state index in [9.17, 15) is 24.0 Å². The summed E-state index contributed by atoms with van der Waals surface area (Å²) in [6.07, 6.45) is 6.98. The predicted molar refractivity (Wildman–Crippen MR) is 216 cm³/mol. The molecule has 17 heteroatoms. The van der Waals surface area contributed by atoms with Gasteiger partial charge in [-0.1, -0.05) is 11.6 Å². The van der Waals surface area contributed by atoms with E-state index >= 15 is 4.39 Å². The molecular formula is C43H45ClFN9O6. The Kier molecular flexibility index (Phi) is 10.7. The van der Waals surface area contributed by atoms with E-state index in [1.54, 1.807) is 24.3 Å². The number of nitrogens with one attached hydrogen (secondary N) is 2. The maximum Gasteiger partial charge on any atom is 0.272 e. The first-order valence-corrected chi connectivity index (χ1v) is 21.2. The van der Waals surface area contributed by atoms with Crippen molar-refractivity contribution in [2.24, 2.45) is 5.41 Å². The Balaban J connectivity index is 0.709. The minimum absolute atomic E-state index is 0.0102. The van der Waals surface area contributed by atoms with Gasteiger partial charge in [-0.05, 0) is 107 Å². The molecule has 5 fully saturated rings. The van der Waals surface area contributed by atoms with Crippen molar-refractivity contribution < 1.29 is 33.1 Å². The zero-order chi connectivity index (χ0) is 41.7. The Labute approximate surface area is 351 Å². The van der Waals surface area contributed by atoms with E-state index in [0.29, 0.717) is 35.5 Å². The largest absolute Gasteiger partial charge is 0.490 e. The zero-order valence-electron chi connectivity index (χ0n) is 33.0. The number of nitrogens with zero attached hydrogens (tertiary/aromatic N) is 7. The van der Waals surface area contributed by atoms with Gasteiger partial charge in [-0.15, -0.1) is 10.2 Å². The molecule has 60 heavy (non-hydrogen) atoms. The van der Waals surface area contributed by atoms with Crippen LogP contribution >= 0.6 is 11.6 Å². The summed E-state index contributed by atoms with van der Waals surface area (Å²) in [5.74, 6) is -1.93. The number of rotatable bonds is 8. The van der Waals surface area contributed by atoms with E-state index in [1.807, 2.05) is 17.0 Å². The first-order valence-electron chi connectivity index (χ1n) is 20.8. The highest BCUT2D eigenvalue weighted by atomic mass is 35.5. The minimum atomic E-state index is -1.10. The molecule has 6 aliphatic rings. The lowest BCUT2D eigenvalue weighted by atomic mass is 9.71. The number of aromatic nitrogens is 2. The van der Waals surface area contributed by atoms with Crippen molar-refractivity contribution in [2.75, 3.05) is 49.1 Å². The predicted octanol–water partition coefficient (Wildman–Crippen LogP) is 4.23. The summed E-state index contributed by atoms with van der Waals surface area (Å²) in [6.45, 7) is 4.93. The number of halogens is 2. The van der Waals surface area contributed by atoms with Crippen molar-refractivity contribution in [2.45, 2.75) is 88.4 Å². The van der Waals surface area contributed by atoms with Crippen molar-refractivity contribution in [3.8, 4) is 11.8 Å². The maximum atomic E-state index is 15.5. The van der Waals surface area contributed by atoms with Gasteiger partial charge in [0, 0.05) is 56.2 Å². The molecule has 0 bridgehead atoms. The number of piperidine rings is 3. The Morgan fingerprint density at radius 1 is 0.883 bits per heavy atom. The highest BCUT2D eigenvalue weighted by molar-refractivity contribution is 6.31. The van der Waals surface area contributed by atoms with Gasteiger partial charge in [0.15, 0.2) is 11.5 Å². The van der Waals surface area contributed by atoms with Crippen LogP contribution in [0.5, 0.6) is 5.75 Å². The molecule has 6 heterocycles. The molecule has 1 aromatic heterocycles. The molecule has 1 unspecified atom stereocenters. The van der Waals surface area contributed by atoms with Gasteiger partial charge in [-0.2, -0.15) is 5.26 Å². The topological polar surface area (TPSA) is 181 Å². The van der Waals surface area contributed by atoms with Gasteiger partial charge in [0.05, 0.1) is 33.5 Å². The molecule has 15 nitrogen and oxygen atoms in total. The highest BCUT2D eigenvalue weighted by Crippen LogP contribution is 2.43. The number of likely N-dealkylation sites (tertiary alicyclic amines) is 1. The van der Waals surface area contributed by atoms with Crippen molar-refractivity contribution in [3.05, 3.63) is 75.7 Å². The summed E-state index contributed by atoms with van der Waals surface area (Å²) < 4.78 is 21.6. The lowest BCUT2D eigenvalue weighted by molar-refractivity contribution is -0.136. The average Bonchev–Trinajstić information content (AvgIpc) is 3.47. The molecule has 1 saturated carbocycles. The van der Waals surface area contributed by atoms with Crippen LogP contribution in [-0.2, 0) is 9.59 Å². The fraction of sp³-hybridized carbons (Fsp3) is 0.488. The molecule has 2 aromatic carbocycles. The summed E-state index contributed by atoms with van der Waals surface area (Å²) in [5.41, 5.74) is 1.21. The van der Waals surface area contributed by atoms with E-state index in [4.69, 9.17) is 21.6 Å². The molecule has 5 amide bonds. The van der Waals surface area contributed by atoms with Crippen LogP contribution in [0.15, 0.2) is 42.5 Å². The van der Waals surface area contributed by atoms with E-state index in [1.165, 1.54) is 6.07 Å². The third-order valence-electron chi connectivity index (χ3n) is 13.3. The van der Waals surface area contributed by atoms with Crippen LogP contribution in [0, 0.1) is 22.6 Å². The van der Waals surface area contributed by atoms with Gasteiger partial charge in [-0.3, -0.25) is 34.2 Å². The van der Waals surface area contributed by atoms with Crippen molar-refractivity contribution in [1.82, 2.24) is 30.6 Å². The number of ether oxygens (including phenoxy) is 1. The standard InChI is InChI=1S/C43H45ClFN9O6/c44-32-19-29(4-1-25(32)22-46)60-28-5-2-26(3-6-28)47-39(56)34-7-9-37(50-49-34)53-23-43(24-53)13-17-51(18-14-43)27-11-15-52(16-12-27)36-21-31-30(20-33(36)45)41(58)54(42(31)59)35-8-10-38(55)48-40(35)57/h1,4,7,9,19-21,26-28,35H,2-3,5-6,8,10-18,23-24H2,(H,47,56)(H,48,55,57)/t26-,28-,35?. The fourth-order valence-corrected chi connectivity index (χ4v) is 10.1. The molecule has 1 spiro atoms. The molecular weight excluding hydrogens is 793 g/mol. The summed E-state index contributed by atoms with van der Waals surface area (Å²) in [4.78, 5) is 71.1. The van der Waals surface area contributed by atoms with Crippen LogP contribution in [0.1, 0.15) is 101 Å². The van der Waals surface area contributed by atoms with Crippen molar-refractivity contribution in [1.29, 1.82) is 5.26 Å². The Hall–Kier alpha value is -5.66. The Bertz CT molecular complexity index is 2270. The molecule has 0 radical (unpaired) electrons. The molecule has 9 rings (SSSR count). The van der Waals surface area contributed by atoms with E-state index in [0.717, 1.165) is 94.3 Å². The van der Waals surface area contributed by atoms with E-state index < -0.39 is 35.5 Å². The van der Waals surface area contributed by atoms with Crippen molar-refractivity contribution in [3.63, 3.8) is 0 Å². The van der Waals surface area contributed by atoms with Gasteiger partial charge >= 0.3 is 0 Å². The second-order valence-electron chi connectivity index (χ2n) is 17.0. The molecule has 312 valence electrons. The molecule has 3 aromatic rings. The summed E-state index contributed by atoms with van der Waals surface area (Å²) in [7, 11) is 0. The molecule has 2 N–H and O–H groups in total. The zero-order valence-corrected chi connectivity index (χ0v) is 33.8. The quantitative estimate of drug-likeness (QED) is 0.309. The van der Waals surface area contributed by atoms with Crippen LogP contribution < -0.4 is 25.2 Å². The smallest absolute Gasteiger partial charge is 0.272 e. The van der Waals surface area contributed by atoms with Crippen LogP contribution in [-0.4, -0.2) is 113 Å². The van der Waals surface area contributed by atoms with Gasteiger partial charge in [-0.25, -0.2) is 4.39 Å². The number of fused-ring (bicyclic) bond motifs is 1. The number of carbonyl (C=O) groups excluding carboxylic acids is 5. The van der Waals surface area contributed by atoms with Gasteiger partial charge in [0.2, 0.25) is 11.8 Å².